The summed E-state index contributed by atoms with van der Waals surface area (Å²) in [5.41, 5.74) is 4.17. The fourth-order valence-electron chi connectivity index (χ4n) is 3.91. The summed E-state index contributed by atoms with van der Waals surface area (Å²) < 4.78 is 15.6. The normalized spacial score (nSPS) is 19.8. The number of piperidine rings is 1. The van der Waals surface area contributed by atoms with E-state index in [1.807, 2.05) is 35.8 Å². The summed E-state index contributed by atoms with van der Waals surface area (Å²) in [6.45, 7) is 2.90. The summed E-state index contributed by atoms with van der Waals surface area (Å²) in [7, 11) is 0. The molecule has 4 rings (SSSR count). The molecule has 1 aromatic heterocycles. The first kappa shape index (κ1) is 18.8. The molecule has 0 saturated carbocycles. The standard InChI is InChI=1S/C22H24FN3O2/c1-14-7-16(9-17(23)8-14)15-4-5-19-21(10-15)26(13-25-19)12-18(27)11-20-22(28)3-2-6-24-20/h4-5,7-10,13,20,22,24,28H,2-3,6,11-12H2,1H3/t20-,22+/m1/s1. The molecule has 3 aromatic rings. The van der Waals surface area contributed by atoms with Crippen LogP contribution >= 0.6 is 0 Å². The number of aromatic nitrogens is 2. The van der Waals surface area contributed by atoms with E-state index in [4.69, 9.17) is 0 Å². The van der Waals surface area contributed by atoms with E-state index in [-0.39, 0.29) is 24.2 Å². The van der Waals surface area contributed by atoms with E-state index >= 15 is 0 Å². The fourth-order valence-corrected chi connectivity index (χ4v) is 3.91. The second-order valence-electron chi connectivity index (χ2n) is 7.61. The maximum Gasteiger partial charge on any atom is 0.154 e. The van der Waals surface area contributed by atoms with Crippen LogP contribution in [0, 0.1) is 12.7 Å². The second-order valence-corrected chi connectivity index (χ2v) is 7.61. The minimum Gasteiger partial charge on any atom is -0.391 e. The molecule has 1 aliphatic heterocycles. The first-order valence-electron chi connectivity index (χ1n) is 9.65. The van der Waals surface area contributed by atoms with Crippen molar-refractivity contribution in [1.82, 2.24) is 14.9 Å². The minimum absolute atomic E-state index is 0.0461. The highest BCUT2D eigenvalue weighted by molar-refractivity contribution is 5.85. The van der Waals surface area contributed by atoms with E-state index < -0.39 is 6.10 Å². The van der Waals surface area contributed by atoms with Gasteiger partial charge in [-0.3, -0.25) is 4.79 Å². The molecule has 2 atom stereocenters. The molecule has 1 aliphatic rings. The van der Waals surface area contributed by atoms with Crippen LogP contribution in [0.3, 0.4) is 0 Å². The van der Waals surface area contributed by atoms with Crippen molar-refractivity contribution in [2.75, 3.05) is 6.54 Å². The number of benzene rings is 2. The molecule has 6 heteroatoms. The van der Waals surface area contributed by atoms with Crippen LogP contribution in [-0.2, 0) is 11.3 Å². The lowest BCUT2D eigenvalue weighted by molar-refractivity contribution is -0.121. The Kier molecular flexibility index (Phi) is 5.24. The number of hydrogen-bond acceptors (Lipinski definition) is 4. The summed E-state index contributed by atoms with van der Waals surface area (Å²) in [5.74, 6) is -0.220. The third-order valence-corrected chi connectivity index (χ3v) is 5.34. The van der Waals surface area contributed by atoms with Crippen LogP contribution in [0.2, 0.25) is 0 Å². The number of aliphatic hydroxyl groups is 1. The number of aliphatic hydroxyl groups excluding tert-OH is 1. The molecular weight excluding hydrogens is 357 g/mol. The molecule has 0 bridgehead atoms. The van der Waals surface area contributed by atoms with Gasteiger partial charge in [0.1, 0.15) is 5.82 Å². The lowest BCUT2D eigenvalue weighted by Gasteiger charge is -2.28. The van der Waals surface area contributed by atoms with Crippen LogP contribution in [0.5, 0.6) is 0 Å². The second kappa shape index (κ2) is 7.81. The molecule has 0 spiro atoms. The van der Waals surface area contributed by atoms with Crippen LogP contribution in [0.4, 0.5) is 4.39 Å². The maximum absolute atomic E-state index is 13.8. The van der Waals surface area contributed by atoms with Crippen molar-refractivity contribution in [1.29, 1.82) is 0 Å². The molecule has 0 radical (unpaired) electrons. The number of ketones is 1. The molecule has 2 aromatic carbocycles. The smallest absolute Gasteiger partial charge is 0.154 e. The Bertz CT molecular complexity index is 994. The topological polar surface area (TPSA) is 67.2 Å². The van der Waals surface area contributed by atoms with Gasteiger partial charge in [0.05, 0.1) is 30.0 Å². The number of nitrogens with one attached hydrogen (secondary N) is 1. The minimum atomic E-state index is -0.472. The number of aryl methyl sites for hydroxylation is 1. The van der Waals surface area contributed by atoms with Crippen molar-refractivity contribution < 1.29 is 14.3 Å². The van der Waals surface area contributed by atoms with Gasteiger partial charge in [-0.1, -0.05) is 12.1 Å². The Morgan fingerprint density at radius 1 is 1.29 bits per heavy atom. The van der Waals surface area contributed by atoms with Gasteiger partial charge in [0.15, 0.2) is 5.78 Å². The van der Waals surface area contributed by atoms with Crippen molar-refractivity contribution in [2.24, 2.45) is 0 Å². The summed E-state index contributed by atoms with van der Waals surface area (Å²) in [6, 6.07) is 10.5. The lowest BCUT2D eigenvalue weighted by atomic mass is 9.97. The molecule has 28 heavy (non-hydrogen) atoms. The molecule has 146 valence electrons. The first-order valence-corrected chi connectivity index (χ1v) is 9.65. The van der Waals surface area contributed by atoms with Crippen molar-refractivity contribution in [3.63, 3.8) is 0 Å². The monoisotopic (exact) mass is 381 g/mol. The van der Waals surface area contributed by atoms with Gasteiger partial charge in [-0.15, -0.1) is 0 Å². The summed E-state index contributed by atoms with van der Waals surface area (Å²) >= 11 is 0. The van der Waals surface area contributed by atoms with E-state index in [1.54, 1.807) is 6.33 Å². The zero-order valence-electron chi connectivity index (χ0n) is 15.9. The van der Waals surface area contributed by atoms with Crippen LogP contribution in [-0.4, -0.2) is 39.1 Å². The number of carbonyl (C=O) groups is 1. The van der Waals surface area contributed by atoms with Gasteiger partial charge >= 0.3 is 0 Å². The highest BCUT2D eigenvalue weighted by atomic mass is 19.1. The number of fused-ring (bicyclic) bond motifs is 1. The maximum atomic E-state index is 13.8. The number of rotatable bonds is 5. The van der Waals surface area contributed by atoms with E-state index in [0.29, 0.717) is 6.42 Å². The average molecular weight is 381 g/mol. The highest BCUT2D eigenvalue weighted by Gasteiger charge is 2.25. The highest BCUT2D eigenvalue weighted by Crippen LogP contribution is 2.26. The Morgan fingerprint density at radius 3 is 2.93 bits per heavy atom. The fraction of sp³-hybridized carbons (Fsp3) is 0.364. The SMILES string of the molecule is Cc1cc(F)cc(-c2ccc3ncn(CC(=O)C[C@H]4NCCC[C@@H]4O)c3c2)c1. The third kappa shape index (κ3) is 3.98. The van der Waals surface area contributed by atoms with Crippen LogP contribution < -0.4 is 5.32 Å². The lowest BCUT2D eigenvalue weighted by Crippen LogP contribution is -2.46. The van der Waals surface area contributed by atoms with Crippen molar-refractivity contribution in [2.45, 2.75) is 44.9 Å². The predicted molar refractivity (Wildman–Crippen MR) is 107 cm³/mol. The molecule has 2 heterocycles. The molecule has 0 unspecified atom stereocenters. The molecule has 5 nitrogen and oxygen atoms in total. The zero-order chi connectivity index (χ0) is 19.7. The molecule has 2 N–H and O–H groups in total. The molecular formula is C22H24FN3O2. The summed E-state index contributed by atoms with van der Waals surface area (Å²) in [5, 5.41) is 13.3. The van der Waals surface area contributed by atoms with Crippen molar-refractivity contribution in [3.8, 4) is 11.1 Å². The number of imidazole rings is 1. The van der Waals surface area contributed by atoms with Gasteiger partial charge in [0.25, 0.3) is 0 Å². The van der Waals surface area contributed by atoms with Gasteiger partial charge in [0.2, 0.25) is 0 Å². The van der Waals surface area contributed by atoms with E-state index in [0.717, 1.165) is 47.1 Å². The number of halogens is 1. The first-order chi connectivity index (χ1) is 13.5. The van der Waals surface area contributed by atoms with Crippen molar-refractivity contribution in [3.05, 3.63) is 54.1 Å². The van der Waals surface area contributed by atoms with Gasteiger partial charge < -0.3 is 15.0 Å². The zero-order valence-corrected chi connectivity index (χ0v) is 15.9. The van der Waals surface area contributed by atoms with E-state index in [1.165, 1.54) is 12.1 Å². The van der Waals surface area contributed by atoms with Crippen LogP contribution in [0.15, 0.2) is 42.7 Å². The van der Waals surface area contributed by atoms with E-state index in [9.17, 15) is 14.3 Å². The van der Waals surface area contributed by atoms with Gasteiger partial charge in [-0.2, -0.15) is 0 Å². The summed E-state index contributed by atoms with van der Waals surface area (Å²) in [4.78, 5) is 16.9. The number of nitrogens with zero attached hydrogens (tertiary/aromatic N) is 2. The Hall–Kier alpha value is -2.57. The Morgan fingerprint density at radius 2 is 2.14 bits per heavy atom. The number of carbonyl (C=O) groups excluding carboxylic acids is 1. The predicted octanol–water partition coefficient (Wildman–Crippen LogP) is 3.22. The Labute approximate surface area is 163 Å². The van der Waals surface area contributed by atoms with Gasteiger partial charge in [-0.25, -0.2) is 9.37 Å². The largest absolute Gasteiger partial charge is 0.391 e. The van der Waals surface area contributed by atoms with Crippen LogP contribution in [0.25, 0.3) is 22.2 Å². The number of hydrogen-bond donors (Lipinski definition) is 2. The van der Waals surface area contributed by atoms with Crippen molar-refractivity contribution >= 4 is 16.8 Å². The molecule has 1 saturated heterocycles. The van der Waals surface area contributed by atoms with Crippen LogP contribution in [0.1, 0.15) is 24.8 Å². The Balaban J connectivity index is 1.57. The van der Waals surface area contributed by atoms with Gasteiger partial charge in [-0.05, 0) is 67.3 Å². The van der Waals surface area contributed by atoms with Gasteiger partial charge in [0, 0.05) is 12.5 Å². The average Bonchev–Trinajstić information content (AvgIpc) is 3.05. The molecule has 1 fully saturated rings. The quantitative estimate of drug-likeness (QED) is 0.712. The number of Topliss-reactive ketones (excluding diaryl/α,β-unsaturated/α-hetero) is 1. The third-order valence-electron chi connectivity index (χ3n) is 5.34. The van der Waals surface area contributed by atoms with E-state index in [2.05, 4.69) is 10.3 Å². The summed E-state index contributed by atoms with van der Waals surface area (Å²) in [6.07, 6.45) is 3.15. The molecule has 0 amide bonds. The molecule has 0 aliphatic carbocycles.